The van der Waals surface area contributed by atoms with Crippen LogP contribution >= 0.6 is 0 Å². The number of sulfonamides is 1. The van der Waals surface area contributed by atoms with E-state index < -0.39 is 38.0 Å². The van der Waals surface area contributed by atoms with E-state index in [1.54, 1.807) is 11.0 Å². The van der Waals surface area contributed by atoms with Gasteiger partial charge in [-0.1, -0.05) is 19.3 Å². The molecule has 3 aromatic rings. The SMILES string of the molecule is CC(C)(C)OC(=O)N1CCC2(CC1)C[C@@H](n1cnc3ccc(Oc4c(F)ccc(NS(=O)(=O)C5CCCCC5)c4C#N)cc3c1=O)CO2. The topological polar surface area (TPSA) is 153 Å². The van der Waals surface area contributed by atoms with Gasteiger partial charge in [-0.2, -0.15) is 5.26 Å². The summed E-state index contributed by atoms with van der Waals surface area (Å²) in [6.45, 7) is 6.76. The van der Waals surface area contributed by atoms with Gasteiger partial charge >= 0.3 is 6.09 Å². The van der Waals surface area contributed by atoms with Gasteiger partial charge in [0.05, 0.1) is 46.4 Å². The highest BCUT2D eigenvalue weighted by atomic mass is 32.2. The number of nitriles is 1. The smallest absolute Gasteiger partial charge is 0.410 e. The van der Waals surface area contributed by atoms with E-state index in [1.165, 1.54) is 29.1 Å². The molecule has 1 spiro atoms. The van der Waals surface area contributed by atoms with Crippen molar-refractivity contribution in [2.24, 2.45) is 0 Å². The molecule has 2 aromatic carbocycles. The zero-order valence-corrected chi connectivity index (χ0v) is 28.1. The number of hydrogen-bond acceptors (Lipinski definition) is 9. The van der Waals surface area contributed by atoms with Crippen LogP contribution in [0.25, 0.3) is 10.9 Å². The first kappa shape index (κ1) is 33.7. The van der Waals surface area contributed by atoms with Gasteiger partial charge in [-0.05, 0) is 83.2 Å². The third kappa shape index (κ3) is 6.98. The molecule has 0 bridgehead atoms. The Balaban J connectivity index is 1.20. The van der Waals surface area contributed by atoms with Gasteiger partial charge in [0.15, 0.2) is 11.6 Å². The number of nitrogens with one attached hydrogen (secondary N) is 1. The summed E-state index contributed by atoms with van der Waals surface area (Å²) >= 11 is 0. The fraction of sp³-hybridized carbons (Fsp3) is 0.529. The normalized spacial score (nSPS) is 20.1. The van der Waals surface area contributed by atoms with Crippen molar-refractivity contribution in [2.45, 2.75) is 94.6 Å². The highest BCUT2D eigenvalue weighted by Gasteiger charge is 2.45. The van der Waals surface area contributed by atoms with Gasteiger partial charge in [-0.3, -0.25) is 14.1 Å². The number of carbonyl (C=O) groups is 1. The van der Waals surface area contributed by atoms with Crippen LogP contribution in [0.3, 0.4) is 0 Å². The molecule has 3 heterocycles. The van der Waals surface area contributed by atoms with Crippen molar-refractivity contribution in [2.75, 3.05) is 24.4 Å². The molecule has 256 valence electrons. The molecule has 1 aliphatic carbocycles. The van der Waals surface area contributed by atoms with Crippen molar-refractivity contribution in [3.8, 4) is 17.6 Å². The molecule has 0 unspecified atom stereocenters. The molecule has 1 saturated carbocycles. The minimum Gasteiger partial charge on any atom is -0.453 e. The Morgan fingerprint density at radius 2 is 1.88 bits per heavy atom. The largest absolute Gasteiger partial charge is 0.453 e. The van der Waals surface area contributed by atoms with E-state index in [9.17, 15) is 23.3 Å². The molecule has 3 aliphatic rings. The second kappa shape index (κ2) is 13.0. The maximum Gasteiger partial charge on any atom is 0.410 e. The minimum atomic E-state index is -3.81. The summed E-state index contributed by atoms with van der Waals surface area (Å²) in [6, 6.07) is 8.35. The van der Waals surface area contributed by atoms with Gasteiger partial charge in [-0.15, -0.1) is 0 Å². The van der Waals surface area contributed by atoms with Gasteiger partial charge in [-0.25, -0.2) is 22.6 Å². The van der Waals surface area contributed by atoms with Gasteiger partial charge in [0.25, 0.3) is 5.56 Å². The number of benzene rings is 2. The second-order valence-electron chi connectivity index (χ2n) is 13.9. The predicted molar refractivity (Wildman–Crippen MR) is 176 cm³/mol. The lowest BCUT2D eigenvalue weighted by Gasteiger charge is -2.39. The van der Waals surface area contributed by atoms with Crippen molar-refractivity contribution in [3.63, 3.8) is 0 Å². The molecule has 48 heavy (non-hydrogen) atoms. The summed E-state index contributed by atoms with van der Waals surface area (Å²) in [5, 5.41) is 9.58. The maximum atomic E-state index is 15.1. The van der Waals surface area contributed by atoms with Crippen LogP contribution in [0.1, 0.15) is 83.7 Å². The van der Waals surface area contributed by atoms with E-state index in [0.717, 1.165) is 25.3 Å². The van der Waals surface area contributed by atoms with Crippen molar-refractivity contribution in [1.82, 2.24) is 14.5 Å². The van der Waals surface area contributed by atoms with Crippen LogP contribution in [0, 0.1) is 17.1 Å². The van der Waals surface area contributed by atoms with Crippen LogP contribution in [0.15, 0.2) is 41.5 Å². The number of halogens is 1. The molecular weight excluding hydrogens is 641 g/mol. The van der Waals surface area contributed by atoms with E-state index >= 15 is 4.39 Å². The molecular formula is C34H40FN5O7S. The summed E-state index contributed by atoms with van der Waals surface area (Å²) in [4.78, 5) is 32.4. The number of rotatable bonds is 6. The first-order chi connectivity index (χ1) is 22.8. The van der Waals surface area contributed by atoms with Crippen LogP contribution in [0.4, 0.5) is 14.9 Å². The Morgan fingerprint density at radius 1 is 1.15 bits per heavy atom. The second-order valence-corrected chi connectivity index (χ2v) is 15.8. The van der Waals surface area contributed by atoms with Crippen molar-refractivity contribution in [3.05, 3.63) is 58.4 Å². The Morgan fingerprint density at radius 3 is 2.56 bits per heavy atom. The molecule has 14 heteroatoms. The number of hydrogen-bond donors (Lipinski definition) is 1. The molecule has 6 rings (SSSR count). The Kier molecular flexibility index (Phi) is 9.12. The molecule has 1 N–H and O–H groups in total. The molecule has 0 radical (unpaired) electrons. The van der Waals surface area contributed by atoms with Crippen LogP contribution < -0.4 is 15.0 Å². The van der Waals surface area contributed by atoms with Crippen LogP contribution in [-0.4, -0.2) is 65.1 Å². The summed E-state index contributed by atoms with van der Waals surface area (Å²) in [5.74, 6) is -1.23. The number of likely N-dealkylation sites (tertiary alicyclic amines) is 1. The number of amides is 1. The number of fused-ring (bicyclic) bond motifs is 1. The quantitative estimate of drug-likeness (QED) is 0.330. The first-order valence-corrected chi connectivity index (χ1v) is 17.9. The predicted octanol–water partition coefficient (Wildman–Crippen LogP) is 6.01. The number of aromatic nitrogens is 2. The number of piperidine rings is 1. The Hall–Kier alpha value is -4.22. The summed E-state index contributed by atoms with van der Waals surface area (Å²) in [5.41, 5.74) is -1.37. The van der Waals surface area contributed by atoms with Gasteiger partial charge in [0, 0.05) is 13.1 Å². The lowest BCUT2D eigenvalue weighted by molar-refractivity contribution is -0.0486. The number of anilines is 1. The zero-order valence-electron chi connectivity index (χ0n) is 27.3. The minimum absolute atomic E-state index is 0.0728. The first-order valence-electron chi connectivity index (χ1n) is 16.3. The molecule has 2 saturated heterocycles. The van der Waals surface area contributed by atoms with E-state index in [0.29, 0.717) is 57.3 Å². The molecule has 1 amide bonds. The fourth-order valence-corrected chi connectivity index (χ4v) is 8.39. The van der Waals surface area contributed by atoms with E-state index in [2.05, 4.69) is 9.71 Å². The highest BCUT2D eigenvalue weighted by molar-refractivity contribution is 7.93. The maximum absolute atomic E-state index is 15.1. The highest BCUT2D eigenvalue weighted by Crippen LogP contribution is 2.41. The van der Waals surface area contributed by atoms with Crippen molar-refractivity contribution < 1.29 is 31.8 Å². The average molecular weight is 682 g/mol. The summed E-state index contributed by atoms with van der Waals surface area (Å²) in [6.07, 6.45) is 6.54. The Labute approximate surface area is 278 Å². The molecule has 1 aromatic heterocycles. The number of nitrogens with zero attached hydrogens (tertiary/aromatic N) is 4. The standard InChI is InChI=1S/C34H40FN5O7S/c1-33(2,3)47-32(42)39-15-13-34(14-16-39)18-22(20-45-34)40-21-37-28-11-9-23(17-25(28)31(40)41)46-30-26(19-36)29(12-10-27(30)35)38-48(43,44)24-7-5-4-6-8-24/h9-12,17,21-22,24,38H,4-8,13-16,18,20H2,1-3H3/t22-/m1/s1. The number of ether oxygens (including phenoxy) is 3. The van der Waals surface area contributed by atoms with E-state index in [4.69, 9.17) is 14.2 Å². The van der Waals surface area contributed by atoms with Crippen molar-refractivity contribution >= 4 is 32.7 Å². The summed E-state index contributed by atoms with van der Waals surface area (Å²) in [7, 11) is -3.81. The van der Waals surface area contributed by atoms with Crippen LogP contribution in [0.5, 0.6) is 11.5 Å². The van der Waals surface area contributed by atoms with E-state index in [-0.39, 0.29) is 40.1 Å². The summed E-state index contributed by atoms with van der Waals surface area (Å²) < 4.78 is 62.8. The molecule has 3 fully saturated rings. The van der Waals surface area contributed by atoms with Gasteiger partial charge < -0.3 is 19.1 Å². The lowest BCUT2D eigenvalue weighted by Crippen LogP contribution is -2.48. The molecule has 12 nitrogen and oxygen atoms in total. The zero-order chi connectivity index (χ0) is 34.3. The van der Waals surface area contributed by atoms with Crippen LogP contribution in [0.2, 0.25) is 0 Å². The van der Waals surface area contributed by atoms with Gasteiger partial charge in [0.2, 0.25) is 10.0 Å². The molecule has 2 aliphatic heterocycles. The Bertz CT molecular complexity index is 1920. The monoisotopic (exact) mass is 681 g/mol. The van der Waals surface area contributed by atoms with Crippen LogP contribution in [-0.2, 0) is 19.5 Å². The lowest BCUT2D eigenvalue weighted by atomic mass is 9.87. The third-order valence-electron chi connectivity index (χ3n) is 9.35. The van der Waals surface area contributed by atoms with Crippen molar-refractivity contribution in [1.29, 1.82) is 5.26 Å². The number of carbonyl (C=O) groups excluding carboxylic acids is 1. The average Bonchev–Trinajstić information content (AvgIpc) is 3.45. The molecule has 1 atom stereocenters. The van der Waals surface area contributed by atoms with Gasteiger partial charge in [0.1, 0.15) is 23.0 Å². The van der Waals surface area contributed by atoms with E-state index in [1.807, 2.05) is 26.8 Å². The fourth-order valence-electron chi connectivity index (χ4n) is 6.79. The third-order valence-corrected chi connectivity index (χ3v) is 11.2.